The summed E-state index contributed by atoms with van der Waals surface area (Å²) in [7, 11) is -3.77. The molecule has 2 aromatic carbocycles. The minimum atomic E-state index is -3.77. The van der Waals surface area contributed by atoms with E-state index in [2.05, 4.69) is 27.6 Å². The highest BCUT2D eigenvalue weighted by Gasteiger charge is 2.21. The first-order chi connectivity index (χ1) is 15.3. The third kappa shape index (κ3) is 6.13. The molecule has 32 heavy (non-hydrogen) atoms. The maximum Gasteiger partial charge on any atom is 0.342 e. The normalized spacial score (nSPS) is 11.6. The first-order valence-corrected chi connectivity index (χ1v) is 13.1. The van der Waals surface area contributed by atoms with Crippen LogP contribution in [0.2, 0.25) is 0 Å². The van der Waals surface area contributed by atoms with E-state index >= 15 is 0 Å². The highest BCUT2D eigenvalue weighted by atomic mass is 79.9. The van der Waals surface area contributed by atoms with E-state index in [-0.39, 0.29) is 4.90 Å². The standard InChI is InChI=1S/C24H28BrNO5S/c1-3-4-5-6-7-8-15-30-24(27)23-17(2)31-22-14-11-19(16-21(22)23)26-32(28,29)20-12-9-18(25)10-13-20/h9-14,16,26H,3-8,15H2,1-2H3. The van der Waals surface area contributed by atoms with Gasteiger partial charge in [-0.3, -0.25) is 4.72 Å². The molecule has 0 radical (unpaired) electrons. The Kier molecular flexibility index (Phi) is 8.37. The Hall–Kier alpha value is -2.32. The Morgan fingerprint density at radius 3 is 2.44 bits per heavy atom. The Morgan fingerprint density at radius 1 is 1.03 bits per heavy atom. The average Bonchev–Trinajstić information content (AvgIpc) is 3.08. The van der Waals surface area contributed by atoms with Crippen LogP contribution in [0.5, 0.6) is 0 Å². The van der Waals surface area contributed by atoms with Crippen molar-refractivity contribution in [1.29, 1.82) is 0 Å². The average molecular weight is 522 g/mol. The van der Waals surface area contributed by atoms with Gasteiger partial charge in [0.05, 0.1) is 11.5 Å². The van der Waals surface area contributed by atoms with Crippen molar-refractivity contribution in [2.75, 3.05) is 11.3 Å². The predicted octanol–water partition coefficient (Wildman–Crippen LogP) is 6.82. The third-order valence-corrected chi connectivity index (χ3v) is 7.10. The van der Waals surface area contributed by atoms with Crippen molar-refractivity contribution in [2.24, 2.45) is 0 Å². The minimum Gasteiger partial charge on any atom is -0.462 e. The van der Waals surface area contributed by atoms with Crippen LogP contribution in [0, 0.1) is 6.92 Å². The second-order valence-electron chi connectivity index (χ2n) is 7.71. The SMILES string of the molecule is CCCCCCCCOC(=O)c1c(C)oc2ccc(NS(=O)(=O)c3ccc(Br)cc3)cc12. The van der Waals surface area contributed by atoms with E-state index in [1.54, 1.807) is 37.3 Å². The monoisotopic (exact) mass is 521 g/mol. The number of carbonyl (C=O) groups excluding carboxylic acids is 1. The van der Waals surface area contributed by atoms with Crippen LogP contribution in [0.3, 0.4) is 0 Å². The number of fused-ring (bicyclic) bond motifs is 1. The van der Waals surface area contributed by atoms with Crippen molar-refractivity contribution in [3.8, 4) is 0 Å². The fourth-order valence-electron chi connectivity index (χ4n) is 3.48. The summed E-state index contributed by atoms with van der Waals surface area (Å²) in [6.45, 7) is 4.23. The van der Waals surface area contributed by atoms with Gasteiger partial charge < -0.3 is 9.15 Å². The molecule has 3 aromatic rings. The molecule has 8 heteroatoms. The molecular weight excluding hydrogens is 494 g/mol. The quantitative estimate of drug-likeness (QED) is 0.221. The van der Waals surface area contributed by atoms with Crippen LogP contribution in [0.15, 0.2) is 56.2 Å². The molecule has 0 saturated carbocycles. The van der Waals surface area contributed by atoms with E-state index < -0.39 is 16.0 Å². The zero-order chi connectivity index (χ0) is 23.1. The van der Waals surface area contributed by atoms with Gasteiger partial charge in [0.15, 0.2) is 0 Å². The molecule has 0 amide bonds. The smallest absolute Gasteiger partial charge is 0.342 e. The summed E-state index contributed by atoms with van der Waals surface area (Å²) in [5.41, 5.74) is 1.17. The summed E-state index contributed by atoms with van der Waals surface area (Å²) < 4.78 is 39.9. The molecule has 0 aliphatic rings. The van der Waals surface area contributed by atoms with Crippen LogP contribution in [-0.4, -0.2) is 21.0 Å². The lowest BCUT2D eigenvalue weighted by Gasteiger charge is -2.09. The summed E-state index contributed by atoms with van der Waals surface area (Å²) in [6.07, 6.45) is 6.62. The van der Waals surface area contributed by atoms with Crippen molar-refractivity contribution in [2.45, 2.75) is 57.3 Å². The zero-order valence-electron chi connectivity index (χ0n) is 18.3. The molecule has 0 aliphatic heterocycles. The van der Waals surface area contributed by atoms with Gasteiger partial charge in [0.2, 0.25) is 0 Å². The van der Waals surface area contributed by atoms with Gasteiger partial charge in [-0.15, -0.1) is 0 Å². The summed E-state index contributed by atoms with van der Waals surface area (Å²) >= 11 is 3.30. The molecule has 0 bridgehead atoms. The maximum absolute atomic E-state index is 12.7. The fraction of sp³-hybridized carbons (Fsp3) is 0.375. The zero-order valence-corrected chi connectivity index (χ0v) is 20.7. The van der Waals surface area contributed by atoms with Crippen molar-refractivity contribution in [1.82, 2.24) is 0 Å². The molecular formula is C24H28BrNO5S. The number of sulfonamides is 1. The first kappa shape index (κ1) is 24.3. The molecule has 1 heterocycles. The second kappa shape index (κ2) is 11.0. The summed E-state index contributed by atoms with van der Waals surface area (Å²) in [6, 6.07) is 11.2. The highest BCUT2D eigenvalue weighted by molar-refractivity contribution is 9.10. The van der Waals surface area contributed by atoms with Crippen LogP contribution < -0.4 is 4.72 Å². The number of benzene rings is 2. The van der Waals surface area contributed by atoms with E-state index in [1.807, 2.05) is 0 Å². The van der Waals surface area contributed by atoms with Gasteiger partial charge in [0.1, 0.15) is 16.9 Å². The molecule has 0 unspecified atom stereocenters. The van der Waals surface area contributed by atoms with Crippen LogP contribution in [-0.2, 0) is 14.8 Å². The molecule has 3 rings (SSSR count). The number of hydrogen-bond acceptors (Lipinski definition) is 5. The molecule has 0 spiro atoms. The Morgan fingerprint density at radius 2 is 1.72 bits per heavy atom. The molecule has 1 aromatic heterocycles. The van der Waals surface area contributed by atoms with Crippen LogP contribution in [0.25, 0.3) is 11.0 Å². The van der Waals surface area contributed by atoms with Crippen LogP contribution >= 0.6 is 15.9 Å². The topological polar surface area (TPSA) is 85.6 Å². The molecule has 1 N–H and O–H groups in total. The fourth-order valence-corrected chi connectivity index (χ4v) is 4.80. The maximum atomic E-state index is 12.7. The van der Waals surface area contributed by atoms with E-state index in [9.17, 15) is 13.2 Å². The number of nitrogens with one attached hydrogen (secondary N) is 1. The third-order valence-electron chi connectivity index (χ3n) is 5.18. The lowest BCUT2D eigenvalue weighted by Crippen LogP contribution is -2.13. The van der Waals surface area contributed by atoms with Crippen molar-refractivity contribution >= 4 is 48.6 Å². The van der Waals surface area contributed by atoms with E-state index in [1.165, 1.54) is 31.4 Å². The lowest BCUT2D eigenvalue weighted by molar-refractivity contribution is 0.0497. The Bertz CT molecular complexity index is 1170. The van der Waals surface area contributed by atoms with Crippen molar-refractivity contribution in [3.05, 3.63) is 58.3 Å². The number of aryl methyl sites for hydroxylation is 1. The van der Waals surface area contributed by atoms with Gasteiger partial charge >= 0.3 is 5.97 Å². The minimum absolute atomic E-state index is 0.141. The highest BCUT2D eigenvalue weighted by Crippen LogP contribution is 2.30. The van der Waals surface area contributed by atoms with Crippen LogP contribution in [0.4, 0.5) is 5.69 Å². The van der Waals surface area contributed by atoms with Crippen LogP contribution in [0.1, 0.15) is 61.6 Å². The number of carbonyl (C=O) groups is 1. The van der Waals surface area contributed by atoms with Gasteiger partial charge in [0, 0.05) is 15.5 Å². The summed E-state index contributed by atoms with van der Waals surface area (Å²) in [5.74, 6) is -0.0106. The van der Waals surface area contributed by atoms with Gasteiger partial charge in [0.25, 0.3) is 10.0 Å². The number of anilines is 1. The predicted molar refractivity (Wildman–Crippen MR) is 130 cm³/mol. The van der Waals surface area contributed by atoms with Crippen molar-refractivity contribution in [3.63, 3.8) is 0 Å². The number of unbranched alkanes of at least 4 members (excludes halogenated alkanes) is 5. The number of ether oxygens (including phenoxy) is 1. The molecule has 0 aliphatic carbocycles. The van der Waals surface area contributed by atoms with E-state index in [4.69, 9.17) is 9.15 Å². The first-order valence-electron chi connectivity index (χ1n) is 10.8. The summed E-state index contributed by atoms with van der Waals surface area (Å²) in [4.78, 5) is 12.8. The number of rotatable bonds is 11. The van der Waals surface area contributed by atoms with Crippen molar-refractivity contribution < 1.29 is 22.4 Å². The van der Waals surface area contributed by atoms with E-state index in [0.29, 0.717) is 34.6 Å². The molecule has 0 saturated heterocycles. The molecule has 0 fully saturated rings. The number of halogens is 1. The lowest BCUT2D eigenvalue weighted by atomic mass is 10.1. The molecule has 0 atom stereocenters. The Labute approximate surface area is 197 Å². The largest absolute Gasteiger partial charge is 0.462 e. The number of furan rings is 1. The van der Waals surface area contributed by atoms with Gasteiger partial charge in [-0.25, -0.2) is 13.2 Å². The molecule has 172 valence electrons. The van der Waals surface area contributed by atoms with Gasteiger partial charge in [-0.05, 0) is 55.8 Å². The summed E-state index contributed by atoms with van der Waals surface area (Å²) in [5, 5.41) is 0.520. The number of hydrogen-bond donors (Lipinski definition) is 1. The second-order valence-corrected chi connectivity index (χ2v) is 10.3. The van der Waals surface area contributed by atoms with E-state index in [0.717, 1.165) is 23.7 Å². The molecule has 6 nitrogen and oxygen atoms in total. The number of esters is 1. The van der Waals surface area contributed by atoms with Gasteiger partial charge in [-0.2, -0.15) is 0 Å². The van der Waals surface area contributed by atoms with Gasteiger partial charge in [-0.1, -0.05) is 55.0 Å². The Balaban J connectivity index is 1.72.